The molecule has 1 aromatic carbocycles. The first-order valence-electron chi connectivity index (χ1n) is 8.94. The molecule has 0 radical (unpaired) electrons. The first-order chi connectivity index (χ1) is 13.5. The van der Waals surface area contributed by atoms with Crippen LogP contribution in [0.3, 0.4) is 0 Å². The second-order valence-corrected chi connectivity index (χ2v) is 8.16. The van der Waals surface area contributed by atoms with Crippen LogP contribution in [0.4, 0.5) is 5.69 Å². The van der Waals surface area contributed by atoms with Gasteiger partial charge in [-0.2, -0.15) is 10.2 Å². The van der Waals surface area contributed by atoms with Crippen LogP contribution in [-0.2, 0) is 12.5 Å². The zero-order valence-electron chi connectivity index (χ0n) is 16.0. The number of fused-ring (bicyclic) bond motifs is 1. The molecule has 8 heteroatoms. The van der Waals surface area contributed by atoms with Crippen molar-refractivity contribution in [1.29, 1.82) is 0 Å². The van der Waals surface area contributed by atoms with Gasteiger partial charge in [-0.15, -0.1) is 0 Å². The number of hydrogen-bond acceptors (Lipinski definition) is 6. The second kappa shape index (κ2) is 7.29. The number of para-hydroxylation sites is 1. The SMILES string of the molecule is Cn1ncc2cccc(NSc3cnn(-c4cc(C(C)(C)CO)ccn4)c3)c21. The number of rotatable bonds is 6. The maximum Gasteiger partial charge on any atom is 0.153 e. The topological polar surface area (TPSA) is 80.8 Å². The molecule has 0 spiro atoms. The van der Waals surface area contributed by atoms with Crippen molar-refractivity contribution >= 4 is 28.5 Å². The first-order valence-corrected chi connectivity index (χ1v) is 9.75. The third kappa shape index (κ3) is 3.48. The van der Waals surface area contributed by atoms with Gasteiger partial charge in [-0.3, -0.25) is 4.68 Å². The third-order valence-electron chi connectivity index (χ3n) is 4.76. The fraction of sp³-hybridized carbons (Fsp3) is 0.250. The minimum absolute atomic E-state index is 0.0696. The van der Waals surface area contributed by atoms with Crippen LogP contribution in [0.1, 0.15) is 19.4 Å². The van der Waals surface area contributed by atoms with Crippen molar-refractivity contribution in [3.8, 4) is 5.82 Å². The molecule has 0 saturated heterocycles. The third-order valence-corrected chi connectivity index (χ3v) is 5.52. The van der Waals surface area contributed by atoms with E-state index in [0.29, 0.717) is 0 Å². The van der Waals surface area contributed by atoms with Gasteiger partial charge in [-0.05, 0) is 35.7 Å². The predicted octanol–water partition coefficient (Wildman–Crippen LogP) is 3.54. The summed E-state index contributed by atoms with van der Waals surface area (Å²) >= 11 is 1.49. The molecule has 144 valence electrons. The molecular formula is C20H22N6OS. The summed E-state index contributed by atoms with van der Waals surface area (Å²) in [5.74, 6) is 0.722. The molecule has 0 bridgehead atoms. The van der Waals surface area contributed by atoms with E-state index in [1.807, 2.05) is 68.3 Å². The van der Waals surface area contributed by atoms with Gasteiger partial charge < -0.3 is 9.83 Å². The Labute approximate surface area is 167 Å². The van der Waals surface area contributed by atoms with Crippen molar-refractivity contribution in [2.24, 2.45) is 7.05 Å². The maximum atomic E-state index is 9.61. The minimum Gasteiger partial charge on any atom is -0.395 e. The van der Waals surface area contributed by atoms with E-state index in [9.17, 15) is 5.11 Å². The van der Waals surface area contributed by atoms with Gasteiger partial charge in [0, 0.05) is 30.2 Å². The lowest BCUT2D eigenvalue weighted by molar-refractivity contribution is 0.218. The van der Waals surface area contributed by atoms with E-state index >= 15 is 0 Å². The number of aliphatic hydroxyl groups excluding tert-OH is 1. The van der Waals surface area contributed by atoms with Crippen LogP contribution < -0.4 is 4.72 Å². The highest BCUT2D eigenvalue weighted by Crippen LogP contribution is 2.28. The fourth-order valence-electron chi connectivity index (χ4n) is 2.97. The summed E-state index contributed by atoms with van der Waals surface area (Å²) < 4.78 is 6.99. The number of aryl methyl sites for hydroxylation is 1. The monoisotopic (exact) mass is 394 g/mol. The zero-order chi connectivity index (χ0) is 19.7. The van der Waals surface area contributed by atoms with Gasteiger partial charge in [0.15, 0.2) is 5.82 Å². The highest BCUT2D eigenvalue weighted by atomic mass is 32.2. The number of hydrogen-bond donors (Lipinski definition) is 2. The van der Waals surface area contributed by atoms with Crippen LogP contribution in [0.5, 0.6) is 0 Å². The van der Waals surface area contributed by atoms with Crippen molar-refractivity contribution < 1.29 is 5.11 Å². The highest BCUT2D eigenvalue weighted by Gasteiger charge is 2.20. The lowest BCUT2D eigenvalue weighted by atomic mass is 9.86. The van der Waals surface area contributed by atoms with Crippen molar-refractivity contribution in [2.45, 2.75) is 24.2 Å². The van der Waals surface area contributed by atoms with Crippen molar-refractivity contribution in [3.63, 3.8) is 0 Å². The lowest BCUT2D eigenvalue weighted by Gasteiger charge is -2.22. The van der Waals surface area contributed by atoms with E-state index in [1.54, 1.807) is 17.1 Å². The average molecular weight is 395 g/mol. The van der Waals surface area contributed by atoms with Crippen molar-refractivity contribution in [3.05, 3.63) is 60.7 Å². The maximum absolute atomic E-state index is 9.61. The zero-order valence-corrected chi connectivity index (χ0v) is 16.8. The molecule has 3 heterocycles. The fourth-order valence-corrected chi connectivity index (χ4v) is 3.61. The Hall–Kier alpha value is -2.84. The molecule has 0 atom stereocenters. The van der Waals surface area contributed by atoms with Crippen LogP contribution in [-0.4, -0.2) is 36.3 Å². The van der Waals surface area contributed by atoms with Gasteiger partial charge in [-0.1, -0.05) is 26.0 Å². The molecule has 0 amide bonds. The summed E-state index contributed by atoms with van der Waals surface area (Å²) in [6.45, 7) is 4.07. The van der Waals surface area contributed by atoms with Crippen molar-refractivity contribution in [2.75, 3.05) is 11.3 Å². The smallest absolute Gasteiger partial charge is 0.153 e. The van der Waals surface area contributed by atoms with Crippen LogP contribution in [0.25, 0.3) is 16.7 Å². The lowest BCUT2D eigenvalue weighted by Crippen LogP contribution is -2.22. The summed E-state index contributed by atoms with van der Waals surface area (Å²) in [4.78, 5) is 5.38. The molecule has 0 fully saturated rings. The Morgan fingerprint density at radius 1 is 1.18 bits per heavy atom. The quantitative estimate of drug-likeness (QED) is 0.487. The second-order valence-electron chi connectivity index (χ2n) is 7.28. The molecule has 28 heavy (non-hydrogen) atoms. The predicted molar refractivity (Wildman–Crippen MR) is 112 cm³/mol. The van der Waals surface area contributed by atoms with E-state index in [0.717, 1.165) is 32.9 Å². The Morgan fingerprint density at radius 2 is 2.04 bits per heavy atom. The summed E-state index contributed by atoms with van der Waals surface area (Å²) in [6, 6.07) is 9.97. The molecule has 0 aliphatic heterocycles. The van der Waals surface area contributed by atoms with Crippen LogP contribution >= 0.6 is 11.9 Å². The molecule has 0 aliphatic carbocycles. The van der Waals surface area contributed by atoms with Crippen LogP contribution in [0.15, 0.2) is 60.0 Å². The van der Waals surface area contributed by atoms with E-state index in [-0.39, 0.29) is 12.0 Å². The molecule has 0 saturated carbocycles. The molecule has 4 aromatic rings. The van der Waals surface area contributed by atoms with E-state index in [4.69, 9.17) is 0 Å². The molecule has 0 aliphatic rings. The molecule has 0 unspecified atom stereocenters. The van der Waals surface area contributed by atoms with Crippen molar-refractivity contribution in [1.82, 2.24) is 24.5 Å². The van der Waals surface area contributed by atoms with Gasteiger partial charge in [0.05, 0.1) is 35.1 Å². The summed E-state index contributed by atoms with van der Waals surface area (Å²) in [5.41, 5.74) is 2.75. The standard InChI is InChI=1S/C20H22N6OS/c1-20(2,13-27)15-7-8-21-18(9-15)26-12-16(11-23-26)28-24-17-6-4-5-14-10-22-25(3)19(14)17/h4-12,24,27H,13H2,1-3H3. The normalized spacial score (nSPS) is 11.9. The summed E-state index contributed by atoms with van der Waals surface area (Å²) in [6.07, 6.45) is 7.33. The summed E-state index contributed by atoms with van der Waals surface area (Å²) in [5, 5.41) is 19.4. The number of nitrogens with one attached hydrogen (secondary N) is 1. The molecule has 7 nitrogen and oxygen atoms in total. The first kappa shape index (κ1) is 18.5. The average Bonchev–Trinajstić information content (AvgIpc) is 3.34. The van der Waals surface area contributed by atoms with Gasteiger partial charge in [0.1, 0.15) is 0 Å². The van der Waals surface area contributed by atoms with E-state index < -0.39 is 0 Å². The Morgan fingerprint density at radius 3 is 2.86 bits per heavy atom. The number of pyridine rings is 1. The largest absolute Gasteiger partial charge is 0.395 e. The Balaban J connectivity index is 1.54. The number of aromatic nitrogens is 5. The van der Waals surface area contributed by atoms with Crippen LogP contribution in [0, 0.1) is 0 Å². The van der Waals surface area contributed by atoms with E-state index in [1.165, 1.54) is 11.9 Å². The number of benzene rings is 1. The minimum atomic E-state index is -0.328. The van der Waals surface area contributed by atoms with Gasteiger partial charge in [0.25, 0.3) is 0 Å². The Kier molecular flexibility index (Phi) is 4.82. The molecule has 3 aromatic heterocycles. The number of nitrogens with zero attached hydrogens (tertiary/aromatic N) is 5. The highest BCUT2D eigenvalue weighted by molar-refractivity contribution is 8.00. The number of aliphatic hydroxyl groups is 1. The summed E-state index contributed by atoms with van der Waals surface area (Å²) in [7, 11) is 1.93. The van der Waals surface area contributed by atoms with Gasteiger partial charge in [0.2, 0.25) is 0 Å². The van der Waals surface area contributed by atoms with Gasteiger partial charge in [-0.25, -0.2) is 9.67 Å². The van der Waals surface area contributed by atoms with E-state index in [2.05, 4.69) is 19.9 Å². The van der Waals surface area contributed by atoms with Crippen LogP contribution in [0.2, 0.25) is 0 Å². The Bertz CT molecular complexity index is 1120. The van der Waals surface area contributed by atoms with Gasteiger partial charge >= 0.3 is 0 Å². The molecular weight excluding hydrogens is 372 g/mol. The molecule has 4 rings (SSSR count). The number of anilines is 1. The molecule has 2 N–H and O–H groups in total.